The van der Waals surface area contributed by atoms with Crippen molar-refractivity contribution < 1.29 is 23.5 Å². The monoisotopic (exact) mass is 538 g/mol. The van der Waals surface area contributed by atoms with E-state index in [1.54, 1.807) is 32.6 Å². The van der Waals surface area contributed by atoms with Gasteiger partial charge in [0.15, 0.2) is 0 Å². The van der Waals surface area contributed by atoms with E-state index in [4.69, 9.17) is 9.16 Å². The molecule has 38 heavy (non-hydrogen) atoms. The van der Waals surface area contributed by atoms with Crippen LogP contribution in [0.5, 0.6) is 0 Å². The molecule has 1 heterocycles. The Bertz CT molecular complexity index is 1060. The van der Waals surface area contributed by atoms with Gasteiger partial charge in [0.25, 0.3) is 8.32 Å². The molecule has 0 bridgehead atoms. The van der Waals surface area contributed by atoms with Gasteiger partial charge in [0, 0.05) is 19.5 Å². The number of benzene rings is 2. The first-order valence-electron chi connectivity index (χ1n) is 13.3. The molecular formula is C30H42N2O5Si. The number of hydrogen-bond donors (Lipinski definition) is 0. The van der Waals surface area contributed by atoms with Gasteiger partial charge in [0.05, 0.1) is 12.6 Å². The van der Waals surface area contributed by atoms with E-state index in [1.165, 1.54) is 4.90 Å². The van der Waals surface area contributed by atoms with E-state index < -0.39 is 32.1 Å². The molecule has 0 saturated carbocycles. The average Bonchev–Trinajstić information content (AvgIpc) is 2.85. The van der Waals surface area contributed by atoms with Gasteiger partial charge in [-0.1, -0.05) is 81.4 Å². The highest BCUT2D eigenvalue weighted by molar-refractivity contribution is 6.99. The molecule has 0 aromatic heterocycles. The Morgan fingerprint density at radius 3 is 1.95 bits per heavy atom. The first-order valence-corrected chi connectivity index (χ1v) is 15.2. The topological polar surface area (TPSA) is 76.2 Å². The van der Waals surface area contributed by atoms with Crippen LogP contribution in [0.4, 0.5) is 4.79 Å². The summed E-state index contributed by atoms with van der Waals surface area (Å²) in [7, 11) is -2.84. The number of piperazine rings is 1. The first-order chi connectivity index (χ1) is 17.8. The summed E-state index contributed by atoms with van der Waals surface area (Å²) in [5.41, 5.74) is -0.652. The maximum atomic E-state index is 13.5. The van der Waals surface area contributed by atoms with E-state index in [2.05, 4.69) is 45.0 Å². The third-order valence-electron chi connectivity index (χ3n) is 7.04. The van der Waals surface area contributed by atoms with E-state index in [1.807, 2.05) is 36.4 Å². The molecular weight excluding hydrogens is 496 g/mol. The predicted octanol–water partition coefficient (Wildman–Crippen LogP) is 3.99. The number of carbonyl (C=O) groups excluding carboxylic acids is 3. The van der Waals surface area contributed by atoms with Crippen molar-refractivity contribution in [1.82, 2.24) is 9.80 Å². The molecule has 1 fully saturated rings. The van der Waals surface area contributed by atoms with Gasteiger partial charge < -0.3 is 18.9 Å². The zero-order valence-electron chi connectivity index (χ0n) is 23.8. The number of hydrogen-bond acceptors (Lipinski definition) is 5. The van der Waals surface area contributed by atoms with Crippen LogP contribution in [0.3, 0.4) is 0 Å². The second-order valence-corrected chi connectivity index (χ2v) is 16.2. The van der Waals surface area contributed by atoms with Gasteiger partial charge in [-0.05, 0) is 43.1 Å². The van der Waals surface area contributed by atoms with Gasteiger partial charge in [-0.2, -0.15) is 0 Å². The molecule has 1 aliphatic heterocycles. The smallest absolute Gasteiger partial charge is 0.411 e. The molecule has 0 spiro atoms. The van der Waals surface area contributed by atoms with Crippen LogP contribution in [-0.2, 0) is 18.8 Å². The Labute approximate surface area is 228 Å². The molecule has 8 heteroatoms. The lowest BCUT2D eigenvalue weighted by Gasteiger charge is -2.46. The van der Waals surface area contributed by atoms with E-state index in [0.717, 1.165) is 16.7 Å². The zero-order valence-corrected chi connectivity index (χ0v) is 24.8. The predicted molar refractivity (Wildman–Crippen MR) is 152 cm³/mol. The molecule has 0 unspecified atom stereocenters. The number of nitrogens with zero attached hydrogens (tertiary/aromatic N) is 2. The highest BCUT2D eigenvalue weighted by atomic mass is 28.4. The fourth-order valence-electron chi connectivity index (χ4n) is 5.20. The van der Waals surface area contributed by atoms with E-state index >= 15 is 0 Å². The molecule has 7 nitrogen and oxygen atoms in total. The minimum Gasteiger partial charge on any atom is -0.444 e. The summed E-state index contributed by atoms with van der Waals surface area (Å²) in [5.74, 6) is -0.208. The lowest BCUT2D eigenvalue weighted by atomic mass is 10.1. The summed E-state index contributed by atoms with van der Waals surface area (Å²) in [5, 5.41) is 2.05. The van der Waals surface area contributed by atoms with Crippen LogP contribution in [-0.4, -0.2) is 73.8 Å². The highest BCUT2D eigenvalue weighted by Gasteiger charge is 2.51. The molecule has 2 aromatic rings. The van der Waals surface area contributed by atoms with Gasteiger partial charge >= 0.3 is 6.09 Å². The summed E-state index contributed by atoms with van der Waals surface area (Å²) in [6, 6.07) is 19.4. The van der Waals surface area contributed by atoms with Crippen molar-refractivity contribution >= 4 is 37.0 Å². The SMILES string of the molecule is C[C@H]1C(=O)N([C@@H](CC=O)CO[Si](c2ccccc2)(c2ccccc2)C(C)(C)C)CCN1C(=O)OC(C)(C)C. The van der Waals surface area contributed by atoms with Crippen molar-refractivity contribution in [2.24, 2.45) is 0 Å². The Hall–Kier alpha value is -2.97. The van der Waals surface area contributed by atoms with Crippen LogP contribution in [0.1, 0.15) is 54.9 Å². The molecule has 206 valence electrons. The highest BCUT2D eigenvalue weighted by Crippen LogP contribution is 2.37. The van der Waals surface area contributed by atoms with Crippen LogP contribution >= 0.6 is 0 Å². The number of aldehydes is 1. The quantitative estimate of drug-likeness (QED) is 0.375. The van der Waals surface area contributed by atoms with Crippen LogP contribution in [0.25, 0.3) is 0 Å². The van der Waals surface area contributed by atoms with E-state index in [-0.39, 0.29) is 24.0 Å². The number of carbonyl (C=O) groups is 3. The molecule has 1 saturated heterocycles. The second-order valence-electron chi connectivity index (χ2n) is 11.9. The lowest BCUT2D eigenvalue weighted by Crippen LogP contribution is -2.68. The Kier molecular flexibility index (Phi) is 9.20. The van der Waals surface area contributed by atoms with Gasteiger partial charge in [-0.15, -0.1) is 0 Å². The van der Waals surface area contributed by atoms with Crippen molar-refractivity contribution in [2.45, 2.75) is 77.6 Å². The number of amides is 2. The molecule has 0 aliphatic carbocycles. The first kappa shape index (κ1) is 29.6. The molecule has 1 aliphatic rings. The van der Waals surface area contributed by atoms with Crippen molar-refractivity contribution in [2.75, 3.05) is 19.7 Å². The van der Waals surface area contributed by atoms with E-state index in [9.17, 15) is 14.4 Å². The van der Waals surface area contributed by atoms with Crippen LogP contribution in [0.2, 0.25) is 5.04 Å². The van der Waals surface area contributed by atoms with Crippen LogP contribution < -0.4 is 10.4 Å². The fraction of sp³-hybridized carbons (Fsp3) is 0.500. The number of rotatable bonds is 8. The largest absolute Gasteiger partial charge is 0.444 e. The van der Waals surface area contributed by atoms with Gasteiger partial charge in [0.2, 0.25) is 5.91 Å². The van der Waals surface area contributed by atoms with Crippen molar-refractivity contribution in [3.63, 3.8) is 0 Å². The van der Waals surface area contributed by atoms with E-state index in [0.29, 0.717) is 13.1 Å². The molecule has 2 atom stereocenters. The number of ether oxygens (including phenoxy) is 1. The average molecular weight is 539 g/mol. The Morgan fingerprint density at radius 2 is 1.50 bits per heavy atom. The van der Waals surface area contributed by atoms with Crippen molar-refractivity contribution in [3.05, 3.63) is 60.7 Å². The maximum Gasteiger partial charge on any atom is 0.411 e. The molecule has 3 rings (SSSR count). The summed E-state index contributed by atoms with van der Waals surface area (Å²) >= 11 is 0. The molecule has 2 aromatic carbocycles. The van der Waals surface area contributed by atoms with Crippen molar-refractivity contribution in [1.29, 1.82) is 0 Å². The van der Waals surface area contributed by atoms with Crippen LogP contribution in [0.15, 0.2) is 60.7 Å². The normalized spacial score (nSPS) is 17.8. The standard InChI is InChI=1S/C30H42N2O5Si/c1-23-27(34)32(20-19-31(23)28(35)37-29(2,3)4)24(18-21-33)22-36-38(30(5,6)7,25-14-10-8-11-15-25)26-16-12-9-13-17-26/h8-17,21,23-24H,18-20,22H2,1-7H3/t23-,24-/m0/s1. The minimum atomic E-state index is -2.84. The summed E-state index contributed by atoms with van der Waals surface area (Å²) in [6.07, 6.45) is 0.495. The maximum absolute atomic E-state index is 13.5. The van der Waals surface area contributed by atoms with Crippen LogP contribution in [0, 0.1) is 0 Å². The third-order valence-corrected chi connectivity index (χ3v) is 12.0. The Morgan fingerprint density at radius 1 is 0.974 bits per heavy atom. The van der Waals surface area contributed by atoms with Gasteiger partial charge in [0.1, 0.15) is 17.9 Å². The third kappa shape index (κ3) is 6.35. The van der Waals surface area contributed by atoms with Crippen molar-refractivity contribution in [3.8, 4) is 0 Å². The molecule has 2 amide bonds. The minimum absolute atomic E-state index is 0.156. The Balaban J connectivity index is 1.91. The lowest BCUT2D eigenvalue weighted by molar-refractivity contribution is -0.144. The summed E-state index contributed by atoms with van der Waals surface area (Å²) in [4.78, 5) is 41.2. The van der Waals surface area contributed by atoms with Gasteiger partial charge in [-0.3, -0.25) is 9.69 Å². The fourth-order valence-corrected chi connectivity index (χ4v) is 9.80. The van der Waals surface area contributed by atoms with Gasteiger partial charge in [-0.25, -0.2) is 4.79 Å². The summed E-state index contributed by atoms with van der Waals surface area (Å²) < 4.78 is 12.5. The zero-order chi connectivity index (χ0) is 28.1. The molecule has 0 N–H and O–H groups in total. The second kappa shape index (κ2) is 11.8. The summed E-state index contributed by atoms with van der Waals surface area (Å²) in [6.45, 7) is 14.6. The molecule has 0 radical (unpaired) electrons.